The molecule has 0 bridgehead atoms. The van der Waals surface area contributed by atoms with Gasteiger partial charge in [-0.3, -0.25) is 4.57 Å². The Kier molecular flexibility index (Phi) is 5.99. The first-order valence-electron chi connectivity index (χ1n) is 12.9. The van der Waals surface area contributed by atoms with Crippen LogP contribution in [-0.2, 0) is 0 Å². The third kappa shape index (κ3) is 4.56. The third-order valence-corrected chi connectivity index (χ3v) is 6.59. The second-order valence-electron chi connectivity index (χ2n) is 9.22. The van der Waals surface area contributed by atoms with Crippen LogP contribution in [0.1, 0.15) is 0 Å². The zero-order chi connectivity index (χ0) is 26.7. The average molecular weight is 521 g/mol. The van der Waals surface area contributed by atoms with Crippen molar-refractivity contribution in [3.63, 3.8) is 0 Å². The molecule has 0 unspecified atom stereocenters. The van der Waals surface area contributed by atoms with Crippen LogP contribution < -0.4 is 15.4 Å². The van der Waals surface area contributed by atoms with Crippen LogP contribution in [-0.4, -0.2) is 19.5 Å². The summed E-state index contributed by atoms with van der Waals surface area (Å²) in [5.74, 6) is 3.54. The van der Waals surface area contributed by atoms with Gasteiger partial charge in [0.1, 0.15) is 17.3 Å². The van der Waals surface area contributed by atoms with E-state index in [0.717, 1.165) is 39.4 Å². The molecule has 0 amide bonds. The molecule has 3 heterocycles. The summed E-state index contributed by atoms with van der Waals surface area (Å²) in [7, 11) is 0. The number of anilines is 4. The molecule has 3 aromatic heterocycles. The predicted molar refractivity (Wildman–Crippen MR) is 160 cm³/mol. The van der Waals surface area contributed by atoms with Crippen molar-refractivity contribution < 1.29 is 4.74 Å². The number of aromatic nitrogens is 4. The summed E-state index contributed by atoms with van der Waals surface area (Å²) in [6.07, 6.45) is 5.14. The van der Waals surface area contributed by atoms with Crippen LogP contribution in [0.25, 0.3) is 27.6 Å². The molecule has 40 heavy (non-hydrogen) atoms. The topological polar surface area (TPSA) is 76.9 Å². The molecule has 0 saturated heterocycles. The lowest BCUT2D eigenvalue weighted by molar-refractivity contribution is 0.483. The first kappa shape index (κ1) is 23.4. The summed E-state index contributed by atoms with van der Waals surface area (Å²) < 4.78 is 8.52. The number of hydrogen-bond donors (Lipinski definition) is 2. The van der Waals surface area contributed by atoms with E-state index in [0.29, 0.717) is 17.4 Å². The molecule has 4 aromatic carbocycles. The zero-order valence-electron chi connectivity index (χ0n) is 21.4. The zero-order valence-corrected chi connectivity index (χ0v) is 21.4. The summed E-state index contributed by atoms with van der Waals surface area (Å²) in [4.78, 5) is 13.6. The Labute approximate surface area is 230 Å². The molecule has 7 heteroatoms. The molecular weight excluding hydrogens is 496 g/mol. The second-order valence-corrected chi connectivity index (χ2v) is 9.22. The molecule has 7 rings (SSSR count). The van der Waals surface area contributed by atoms with Crippen molar-refractivity contribution in [2.45, 2.75) is 0 Å². The van der Waals surface area contributed by atoms with E-state index in [9.17, 15) is 0 Å². The van der Waals surface area contributed by atoms with Crippen molar-refractivity contribution >= 4 is 44.8 Å². The van der Waals surface area contributed by atoms with Crippen molar-refractivity contribution in [2.24, 2.45) is 0 Å². The van der Waals surface area contributed by atoms with Crippen molar-refractivity contribution in [1.82, 2.24) is 19.5 Å². The van der Waals surface area contributed by atoms with Gasteiger partial charge in [0.05, 0.1) is 11.0 Å². The number of hydrogen-bond acceptors (Lipinski definition) is 6. The molecule has 0 spiro atoms. The summed E-state index contributed by atoms with van der Waals surface area (Å²) in [5, 5.41) is 9.00. The first-order valence-corrected chi connectivity index (χ1v) is 12.9. The van der Waals surface area contributed by atoms with Gasteiger partial charge in [0.2, 0.25) is 0 Å². The van der Waals surface area contributed by atoms with E-state index in [-0.39, 0.29) is 0 Å². The first-order chi connectivity index (χ1) is 19.8. The minimum Gasteiger partial charge on any atom is -0.457 e. The fourth-order valence-electron chi connectivity index (χ4n) is 4.84. The molecule has 7 nitrogen and oxygen atoms in total. The number of fused-ring (bicyclic) bond motifs is 3. The van der Waals surface area contributed by atoms with Crippen LogP contribution in [0.5, 0.6) is 11.5 Å². The maximum Gasteiger partial charge on any atom is 0.173 e. The largest absolute Gasteiger partial charge is 0.457 e. The van der Waals surface area contributed by atoms with E-state index in [2.05, 4.69) is 66.6 Å². The molecule has 7 aromatic rings. The molecule has 0 aliphatic heterocycles. The minimum atomic E-state index is 0.616. The number of nitrogens with one attached hydrogen (secondary N) is 2. The molecule has 192 valence electrons. The maximum absolute atomic E-state index is 6.35. The second kappa shape index (κ2) is 10.2. The highest BCUT2D eigenvalue weighted by atomic mass is 16.5. The fraction of sp³-hybridized carbons (Fsp3) is 0. The van der Waals surface area contributed by atoms with Crippen LogP contribution in [0.4, 0.5) is 23.0 Å². The Balaban J connectivity index is 1.20. The van der Waals surface area contributed by atoms with Crippen molar-refractivity contribution in [3.05, 3.63) is 134 Å². The quantitative estimate of drug-likeness (QED) is 0.220. The minimum absolute atomic E-state index is 0.616. The van der Waals surface area contributed by atoms with Gasteiger partial charge < -0.3 is 15.4 Å². The van der Waals surface area contributed by atoms with Gasteiger partial charge in [0.15, 0.2) is 11.6 Å². The van der Waals surface area contributed by atoms with Crippen molar-refractivity contribution in [1.29, 1.82) is 0 Å². The number of pyridine rings is 1. The van der Waals surface area contributed by atoms with Crippen LogP contribution in [0, 0.1) is 0 Å². The van der Waals surface area contributed by atoms with Gasteiger partial charge in [-0.2, -0.15) is 0 Å². The summed E-state index contributed by atoms with van der Waals surface area (Å²) in [5.41, 5.74) is 3.89. The van der Waals surface area contributed by atoms with E-state index in [1.165, 1.54) is 5.39 Å². The Morgan fingerprint density at radius 2 is 1.20 bits per heavy atom. The molecule has 2 N–H and O–H groups in total. The van der Waals surface area contributed by atoms with E-state index in [1.54, 1.807) is 12.4 Å². The number of nitrogens with zero attached hydrogens (tertiary/aromatic N) is 4. The third-order valence-electron chi connectivity index (χ3n) is 6.59. The molecule has 0 aliphatic rings. The van der Waals surface area contributed by atoms with Gasteiger partial charge in [-0.05, 0) is 54.6 Å². The van der Waals surface area contributed by atoms with Crippen LogP contribution >= 0.6 is 0 Å². The van der Waals surface area contributed by atoms with Gasteiger partial charge >= 0.3 is 0 Å². The van der Waals surface area contributed by atoms with Crippen LogP contribution in [0.2, 0.25) is 0 Å². The van der Waals surface area contributed by atoms with Gasteiger partial charge in [-0.25, -0.2) is 15.0 Å². The smallest absolute Gasteiger partial charge is 0.173 e. The molecule has 0 fully saturated rings. The summed E-state index contributed by atoms with van der Waals surface area (Å²) in [6, 6.07) is 38.2. The normalized spacial score (nSPS) is 11.0. The van der Waals surface area contributed by atoms with Gasteiger partial charge in [-0.15, -0.1) is 0 Å². The summed E-state index contributed by atoms with van der Waals surface area (Å²) >= 11 is 0. The predicted octanol–water partition coefficient (Wildman–Crippen LogP) is 8.25. The SMILES string of the molecule is c1ccc(Nc2nccnc2Nc2cccc(Oc3ccc4c5ccccc5n(-c5ccccn5)c4c3)c2)cc1. The molecule has 0 radical (unpaired) electrons. The lowest BCUT2D eigenvalue weighted by Gasteiger charge is -2.13. The van der Waals surface area contributed by atoms with E-state index >= 15 is 0 Å². The Morgan fingerprint density at radius 1 is 0.500 bits per heavy atom. The molecule has 0 saturated carbocycles. The average Bonchev–Trinajstić information content (AvgIpc) is 3.33. The highest BCUT2D eigenvalue weighted by Crippen LogP contribution is 2.35. The molecule has 0 aliphatic carbocycles. The van der Waals surface area contributed by atoms with Gasteiger partial charge in [-0.1, -0.05) is 48.5 Å². The maximum atomic E-state index is 6.35. The standard InChI is InChI=1S/C33H24N6O/c1-2-9-23(10-3-1)37-32-33(36-20-19-35-32)38-24-11-8-12-25(21-24)40-26-16-17-28-27-13-4-5-14-29(27)39(30(28)22-26)31-15-6-7-18-34-31/h1-22H,(H,35,37)(H,36,38). The fourth-order valence-corrected chi connectivity index (χ4v) is 4.84. The Bertz CT molecular complexity index is 1940. The van der Waals surface area contributed by atoms with Crippen LogP contribution in [0.15, 0.2) is 134 Å². The van der Waals surface area contributed by atoms with Crippen LogP contribution in [0.3, 0.4) is 0 Å². The number of para-hydroxylation sites is 2. The molecular formula is C33H24N6O. The Morgan fingerprint density at radius 3 is 2.02 bits per heavy atom. The number of rotatable bonds is 7. The number of benzene rings is 4. The highest BCUT2D eigenvalue weighted by molar-refractivity contribution is 6.09. The van der Waals surface area contributed by atoms with Gasteiger partial charge in [0.25, 0.3) is 0 Å². The number of ether oxygens (including phenoxy) is 1. The van der Waals surface area contributed by atoms with Crippen molar-refractivity contribution in [2.75, 3.05) is 10.6 Å². The van der Waals surface area contributed by atoms with E-state index in [1.807, 2.05) is 85.1 Å². The Hall–Kier alpha value is -5.69. The molecule has 0 atom stereocenters. The monoisotopic (exact) mass is 520 g/mol. The summed E-state index contributed by atoms with van der Waals surface area (Å²) in [6.45, 7) is 0. The lowest BCUT2D eigenvalue weighted by atomic mass is 10.1. The van der Waals surface area contributed by atoms with Gasteiger partial charge in [0, 0.05) is 52.9 Å². The lowest BCUT2D eigenvalue weighted by Crippen LogP contribution is -2.02. The van der Waals surface area contributed by atoms with E-state index < -0.39 is 0 Å². The highest BCUT2D eigenvalue weighted by Gasteiger charge is 2.14. The van der Waals surface area contributed by atoms with Crippen molar-refractivity contribution in [3.8, 4) is 17.3 Å². The van der Waals surface area contributed by atoms with E-state index in [4.69, 9.17) is 4.74 Å².